The Morgan fingerprint density at radius 2 is 2.00 bits per heavy atom. The Kier molecular flexibility index (Phi) is 7.17. The van der Waals surface area contributed by atoms with Gasteiger partial charge in [0.2, 0.25) is 0 Å². The van der Waals surface area contributed by atoms with Gasteiger partial charge in [-0.2, -0.15) is 5.10 Å². The van der Waals surface area contributed by atoms with Gasteiger partial charge in [0.15, 0.2) is 5.69 Å². The molecule has 0 saturated carbocycles. The molecule has 0 saturated heterocycles. The molecule has 0 aliphatic carbocycles. The van der Waals surface area contributed by atoms with Crippen molar-refractivity contribution in [1.29, 1.82) is 0 Å². The molecule has 2 aromatic carbocycles. The number of ether oxygens (including phenoxy) is 1. The number of amides is 1. The minimum Gasteiger partial charge on any atom is -0.394 e. The number of fused-ring (bicyclic) bond motifs is 2. The summed E-state index contributed by atoms with van der Waals surface area (Å²) in [5.74, 6) is -0.245. The van der Waals surface area contributed by atoms with E-state index in [4.69, 9.17) is 21.4 Å². The third-order valence-electron chi connectivity index (χ3n) is 6.37. The fourth-order valence-electron chi connectivity index (χ4n) is 4.58. The highest BCUT2D eigenvalue weighted by Gasteiger charge is 2.24. The fraction of sp³-hybridized carbons (Fsp3) is 0.360. The van der Waals surface area contributed by atoms with E-state index in [0.29, 0.717) is 37.0 Å². The Morgan fingerprint density at radius 1 is 1.17 bits per heavy atom. The fourth-order valence-corrected chi connectivity index (χ4v) is 4.71. The zero-order chi connectivity index (χ0) is 25.1. The van der Waals surface area contributed by atoms with Gasteiger partial charge in [-0.3, -0.25) is 9.48 Å². The van der Waals surface area contributed by atoms with Crippen molar-refractivity contribution < 1.29 is 14.6 Å². The standard InChI is InChI=1S/C25H28ClN7O3/c1-17-22(31-8-9-32-20(16-31)15-28-30-32)7-6-21-23(29-33(24(17)21)10-12-36-13-11-34)25(35)27-14-18-2-4-19(26)5-3-18/h2-7,15,34H,8-14,16H2,1H3,(H,27,35). The second kappa shape index (κ2) is 10.7. The summed E-state index contributed by atoms with van der Waals surface area (Å²) in [5.41, 5.74) is 5.41. The molecule has 0 spiro atoms. The molecular formula is C25H28ClN7O3. The third-order valence-corrected chi connectivity index (χ3v) is 6.63. The van der Waals surface area contributed by atoms with Crippen LogP contribution in [0.5, 0.6) is 0 Å². The van der Waals surface area contributed by atoms with E-state index < -0.39 is 0 Å². The molecule has 4 aromatic rings. The molecule has 0 unspecified atom stereocenters. The Morgan fingerprint density at radius 3 is 2.81 bits per heavy atom. The number of carbonyl (C=O) groups is 1. The summed E-state index contributed by atoms with van der Waals surface area (Å²) >= 11 is 5.97. The van der Waals surface area contributed by atoms with E-state index in [2.05, 4.69) is 38.6 Å². The molecule has 2 aromatic heterocycles. The van der Waals surface area contributed by atoms with Crippen molar-refractivity contribution in [3.63, 3.8) is 0 Å². The van der Waals surface area contributed by atoms with Crippen LogP contribution < -0.4 is 10.2 Å². The number of aliphatic hydroxyl groups is 1. The van der Waals surface area contributed by atoms with E-state index in [-0.39, 0.29) is 19.1 Å². The van der Waals surface area contributed by atoms with Gasteiger partial charge in [-0.25, -0.2) is 4.68 Å². The van der Waals surface area contributed by atoms with E-state index in [1.807, 2.05) is 27.6 Å². The Bertz CT molecular complexity index is 1370. The third kappa shape index (κ3) is 4.92. The highest BCUT2D eigenvalue weighted by atomic mass is 35.5. The summed E-state index contributed by atoms with van der Waals surface area (Å²) < 4.78 is 9.25. The van der Waals surface area contributed by atoms with Gasteiger partial charge in [0.25, 0.3) is 5.91 Å². The van der Waals surface area contributed by atoms with E-state index in [0.717, 1.165) is 46.5 Å². The summed E-state index contributed by atoms with van der Waals surface area (Å²) in [6.07, 6.45) is 1.80. The summed E-state index contributed by atoms with van der Waals surface area (Å²) in [6, 6.07) is 11.4. The summed E-state index contributed by atoms with van der Waals surface area (Å²) in [4.78, 5) is 15.5. The number of hydrogen-bond donors (Lipinski definition) is 2. The number of nitrogens with zero attached hydrogens (tertiary/aromatic N) is 6. The minimum atomic E-state index is -0.245. The molecule has 1 aliphatic rings. The zero-order valence-corrected chi connectivity index (χ0v) is 20.8. The zero-order valence-electron chi connectivity index (χ0n) is 20.0. The highest BCUT2D eigenvalue weighted by molar-refractivity contribution is 6.30. The van der Waals surface area contributed by atoms with Crippen LogP contribution in [0, 0.1) is 6.92 Å². The van der Waals surface area contributed by atoms with Crippen LogP contribution in [0.4, 0.5) is 5.69 Å². The first-order chi connectivity index (χ1) is 17.5. The molecule has 10 nitrogen and oxygen atoms in total. The molecule has 2 N–H and O–H groups in total. The van der Waals surface area contributed by atoms with Gasteiger partial charge >= 0.3 is 0 Å². The summed E-state index contributed by atoms with van der Waals surface area (Å²) in [5, 5.41) is 26.3. The first-order valence-corrected chi connectivity index (χ1v) is 12.3. The van der Waals surface area contributed by atoms with Gasteiger partial charge in [0.05, 0.1) is 56.9 Å². The average Bonchev–Trinajstić information content (AvgIpc) is 3.51. The van der Waals surface area contributed by atoms with Crippen molar-refractivity contribution in [3.8, 4) is 0 Å². The number of hydrogen-bond acceptors (Lipinski definition) is 7. The van der Waals surface area contributed by atoms with Crippen LogP contribution >= 0.6 is 11.6 Å². The SMILES string of the molecule is Cc1c(N2CCn3nncc3C2)ccc2c(C(=O)NCc3ccc(Cl)cc3)nn(CCOCCO)c12. The molecule has 188 valence electrons. The van der Waals surface area contributed by atoms with E-state index in [1.54, 1.807) is 18.3 Å². The van der Waals surface area contributed by atoms with Gasteiger partial charge in [-0.1, -0.05) is 28.9 Å². The Hall–Kier alpha value is -3.47. The Balaban J connectivity index is 1.44. The first kappa shape index (κ1) is 24.2. The summed E-state index contributed by atoms with van der Waals surface area (Å²) in [7, 11) is 0. The number of aliphatic hydroxyl groups excluding tert-OH is 1. The normalized spacial score (nSPS) is 13.2. The van der Waals surface area contributed by atoms with Crippen LogP contribution in [-0.2, 0) is 30.9 Å². The summed E-state index contributed by atoms with van der Waals surface area (Å²) in [6.45, 7) is 5.77. The van der Waals surface area contributed by atoms with E-state index in [1.165, 1.54) is 0 Å². The van der Waals surface area contributed by atoms with Crippen LogP contribution in [0.15, 0.2) is 42.6 Å². The number of anilines is 1. The lowest BCUT2D eigenvalue weighted by molar-refractivity contribution is 0.0855. The lowest BCUT2D eigenvalue weighted by Crippen LogP contribution is -2.34. The van der Waals surface area contributed by atoms with Gasteiger partial charge in [-0.05, 0) is 42.3 Å². The van der Waals surface area contributed by atoms with Gasteiger partial charge in [-0.15, -0.1) is 5.10 Å². The van der Waals surface area contributed by atoms with Gasteiger partial charge in [0, 0.05) is 29.2 Å². The smallest absolute Gasteiger partial charge is 0.272 e. The predicted molar refractivity (Wildman–Crippen MR) is 136 cm³/mol. The van der Waals surface area contributed by atoms with Crippen LogP contribution in [0.3, 0.4) is 0 Å². The van der Waals surface area contributed by atoms with Crippen molar-refractivity contribution in [3.05, 3.63) is 70.1 Å². The number of benzene rings is 2. The predicted octanol–water partition coefficient (Wildman–Crippen LogP) is 2.55. The van der Waals surface area contributed by atoms with Gasteiger partial charge < -0.3 is 20.1 Å². The quantitative estimate of drug-likeness (QED) is 0.334. The number of aryl methyl sites for hydroxylation is 1. The number of nitrogens with one attached hydrogen (secondary N) is 1. The lowest BCUT2D eigenvalue weighted by Gasteiger charge is -2.30. The maximum atomic E-state index is 13.2. The highest BCUT2D eigenvalue weighted by Crippen LogP contribution is 2.32. The number of halogens is 1. The minimum absolute atomic E-state index is 0.0399. The van der Waals surface area contributed by atoms with Crippen molar-refractivity contribution in [1.82, 2.24) is 30.1 Å². The van der Waals surface area contributed by atoms with Crippen molar-refractivity contribution in [2.24, 2.45) is 0 Å². The van der Waals surface area contributed by atoms with Crippen molar-refractivity contribution >= 4 is 34.1 Å². The Labute approximate surface area is 213 Å². The number of carbonyl (C=O) groups excluding carboxylic acids is 1. The van der Waals surface area contributed by atoms with Crippen molar-refractivity contribution in [2.75, 3.05) is 31.3 Å². The van der Waals surface area contributed by atoms with Crippen LogP contribution in [0.1, 0.15) is 27.3 Å². The molecule has 0 radical (unpaired) electrons. The maximum Gasteiger partial charge on any atom is 0.272 e. The lowest BCUT2D eigenvalue weighted by atomic mass is 10.1. The largest absolute Gasteiger partial charge is 0.394 e. The molecule has 5 rings (SSSR count). The molecule has 0 bridgehead atoms. The molecule has 11 heteroatoms. The molecule has 0 fully saturated rings. The number of rotatable bonds is 9. The second-order valence-electron chi connectivity index (χ2n) is 8.69. The van der Waals surface area contributed by atoms with E-state index >= 15 is 0 Å². The van der Waals surface area contributed by atoms with Crippen molar-refractivity contribution in [2.45, 2.75) is 33.1 Å². The van der Waals surface area contributed by atoms with Crippen LogP contribution in [0.25, 0.3) is 10.9 Å². The number of aromatic nitrogens is 5. The topological polar surface area (TPSA) is 110 Å². The first-order valence-electron chi connectivity index (χ1n) is 11.9. The molecule has 0 atom stereocenters. The van der Waals surface area contributed by atoms with Gasteiger partial charge in [0.1, 0.15) is 0 Å². The monoisotopic (exact) mass is 509 g/mol. The maximum absolute atomic E-state index is 13.2. The average molecular weight is 510 g/mol. The molecular weight excluding hydrogens is 482 g/mol. The molecule has 1 amide bonds. The van der Waals surface area contributed by atoms with Crippen LogP contribution in [-0.4, -0.2) is 62.2 Å². The van der Waals surface area contributed by atoms with E-state index in [9.17, 15) is 4.79 Å². The van der Waals surface area contributed by atoms with Crippen LogP contribution in [0.2, 0.25) is 5.02 Å². The second-order valence-corrected chi connectivity index (χ2v) is 9.13. The molecule has 36 heavy (non-hydrogen) atoms. The molecule has 3 heterocycles. The molecule has 1 aliphatic heterocycles.